The van der Waals surface area contributed by atoms with Gasteiger partial charge in [-0.1, -0.05) is 18.2 Å². The summed E-state index contributed by atoms with van der Waals surface area (Å²) in [6.07, 6.45) is 1.61. The van der Waals surface area contributed by atoms with Crippen molar-refractivity contribution in [2.75, 3.05) is 38.1 Å². The van der Waals surface area contributed by atoms with Crippen LogP contribution < -0.4 is 5.32 Å². The number of hydrogen-bond acceptors (Lipinski definition) is 3. The summed E-state index contributed by atoms with van der Waals surface area (Å²) < 4.78 is 19.7. The number of halogens is 1. The van der Waals surface area contributed by atoms with Crippen molar-refractivity contribution in [2.24, 2.45) is 0 Å². The van der Waals surface area contributed by atoms with Crippen molar-refractivity contribution in [3.8, 4) is 0 Å². The van der Waals surface area contributed by atoms with E-state index in [0.29, 0.717) is 30.0 Å². The van der Waals surface area contributed by atoms with Gasteiger partial charge in [0.25, 0.3) is 5.91 Å². The van der Waals surface area contributed by atoms with E-state index >= 15 is 0 Å². The number of anilines is 1. The fourth-order valence-corrected chi connectivity index (χ4v) is 3.76. The lowest BCUT2D eigenvalue weighted by atomic mass is 10.1. The predicted molar refractivity (Wildman–Crippen MR) is 107 cm³/mol. The van der Waals surface area contributed by atoms with Gasteiger partial charge in [-0.2, -0.15) is 0 Å². The van der Waals surface area contributed by atoms with Crippen molar-refractivity contribution in [1.82, 2.24) is 9.80 Å². The number of likely N-dealkylation sites (tertiary alicyclic amines) is 1. The Bertz CT molecular complexity index is 881. The van der Waals surface area contributed by atoms with Crippen molar-refractivity contribution < 1.29 is 18.7 Å². The van der Waals surface area contributed by atoms with Crippen LogP contribution in [0.15, 0.2) is 48.5 Å². The fraction of sp³-hybridized carbons (Fsp3) is 0.364. The Labute approximate surface area is 169 Å². The molecule has 6 nitrogen and oxygen atoms in total. The minimum absolute atomic E-state index is 0.0290. The number of ether oxygens (including phenoxy) is 1. The van der Waals surface area contributed by atoms with Crippen LogP contribution in [-0.4, -0.2) is 54.5 Å². The first-order valence-corrected chi connectivity index (χ1v) is 9.93. The molecule has 2 heterocycles. The number of benzene rings is 2. The lowest BCUT2D eigenvalue weighted by Crippen LogP contribution is -2.44. The van der Waals surface area contributed by atoms with Gasteiger partial charge >= 0.3 is 6.03 Å². The van der Waals surface area contributed by atoms with Crippen molar-refractivity contribution in [3.63, 3.8) is 0 Å². The topological polar surface area (TPSA) is 61.9 Å². The first-order chi connectivity index (χ1) is 14.1. The van der Waals surface area contributed by atoms with Crippen LogP contribution in [0.25, 0.3) is 0 Å². The highest BCUT2D eigenvalue weighted by atomic mass is 19.1. The van der Waals surface area contributed by atoms with Crippen molar-refractivity contribution in [2.45, 2.75) is 18.9 Å². The summed E-state index contributed by atoms with van der Waals surface area (Å²) in [5.41, 5.74) is 1.69. The molecule has 1 atom stereocenters. The number of urea groups is 1. The van der Waals surface area contributed by atoms with Gasteiger partial charge in [0.15, 0.2) is 0 Å². The molecule has 0 radical (unpaired) electrons. The zero-order valence-corrected chi connectivity index (χ0v) is 16.1. The Morgan fingerprint density at radius 1 is 0.966 bits per heavy atom. The predicted octanol–water partition coefficient (Wildman–Crippen LogP) is 3.67. The van der Waals surface area contributed by atoms with Gasteiger partial charge in [0.05, 0.1) is 13.2 Å². The van der Waals surface area contributed by atoms with Crippen LogP contribution >= 0.6 is 0 Å². The highest BCUT2D eigenvalue weighted by molar-refractivity contribution is 5.95. The lowest BCUT2D eigenvalue weighted by molar-refractivity contribution is -0.0152. The molecule has 152 valence electrons. The van der Waals surface area contributed by atoms with E-state index in [0.717, 1.165) is 25.9 Å². The molecule has 2 aromatic carbocycles. The molecule has 0 aliphatic carbocycles. The van der Waals surface area contributed by atoms with Crippen LogP contribution in [0.5, 0.6) is 0 Å². The van der Waals surface area contributed by atoms with E-state index in [4.69, 9.17) is 4.74 Å². The highest BCUT2D eigenvalue weighted by Gasteiger charge is 2.27. The van der Waals surface area contributed by atoms with E-state index in [9.17, 15) is 14.0 Å². The standard InChI is InChI=1S/C22H24FN3O3/c23-19-6-2-1-5-18(19)20-15-26(13-14-29-20)22(28)24-17-9-7-16(8-10-17)21(27)25-11-3-4-12-25/h1-2,5-10,20H,3-4,11-15H2,(H,24,28)/t20-/m0/s1. The van der Waals surface area contributed by atoms with E-state index in [2.05, 4.69) is 5.32 Å². The van der Waals surface area contributed by atoms with Crippen molar-refractivity contribution in [1.29, 1.82) is 0 Å². The van der Waals surface area contributed by atoms with Gasteiger partial charge in [0, 0.05) is 36.4 Å². The van der Waals surface area contributed by atoms with Crippen LogP contribution in [0.1, 0.15) is 34.9 Å². The number of carbonyl (C=O) groups is 2. The Morgan fingerprint density at radius 2 is 1.69 bits per heavy atom. The second-order valence-corrected chi connectivity index (χ2v) is 7.33. The van der Waals surface area contributed by atoms with E-state index in [1.807, 2.05) is 4.90 Å². The maximum absolute atomic E-state index is 14.0. The quantitative estimate of drug-likeness (QED) is 0.860. The zero-order chi connectivity index (χ0) is 20.2. The monoisotopic (exact) mass is 397 g/mol. The average molecular weight is 397 g/mol. The summed E-state index contributed by atoms with van der Waals surface area (Å²) in [6, 6.07) is 13.1. The molecule has 0 bridgehead atoms. The molecule has 3 amide bonds. The molecule has 0 saturated carbocycles. The van der Waals surface area contributed by atoms with Gasteiger partial charge in [0.1, 0.15) is 11.9 Å². The molecule has 7 heteroatoms. The smallest absolute Gasteiger partial charge is 0.322 e. The summed E-state index contributed by atoms with van der Waals surface area (Å²) in [6.45, 7) is 2.66. The number of nitrogens with zero attached hydrogens (tertiary/aromatic N) is 2. The maximum atomic E-state index is 14.0. The van der Waals surface area contributed by atoms with E-state index in [1.54, 1.807) is 47.4 Å². The average Bonchev–Trinajstić information content (AvgIpc) is 3.29. The number of rotatable bonds is 3. The Balaban J connectivity index is 1.37. The van der Waals surface area contributed by atoms with Crippen LogP contribution in [0, 0.1) is 5.82 Å². The summed E-state index contributed by atoms with van der Waals surface area (Å²) in [7, 11) is 0. The number of nitrogens with one attached hydrogen (secondary N) is 1. The number of morpholine rings is 1. The van der Waals surface area contributed by atoms with Crippen LogP contribution in [-0.2, 0) is 4.74 Å². The van der Waals surface area contributed by atoms with Crippen LogP contribution in [0.2, 0.25) is 0 Å². The van der Waals surface area contributed by atoms with Gasteiger partial charge < -0.3 is 19.9 Å². The SMILES string of the molecule is O=C(Nc1ccc(C(=O)N2CCCC2)cc1)N1CCO[C@H](c2ccccc2F)C1. The molecule has 2 aromatic rings. The molecular formula is C22H24FN3O3. The van der Waals surface area contributed by atoms with Crippen molar-refractivity contribution in [3.05, 3.63) is 65.5 Å². The molecule has 4 rings (SSSR count). The summed E-state index contributed by atoms with van der Waals surface area (Å²) in [5, 5.41) is 2.85. The number of amides is 3. The summed E-state index contributed by atoms with van der Waals surface area (Å²) in [4.78, 5) is 28.5. The highest BCUT2D eigenvalue weighted by Crippen LogP contribution is 2.25. The van der Waals surface area contributed by atoms with E-state index in [1.165, 1.54) is 6.07 Å². The largest absolute Gasteiger partial charge is 0.370 e. The summed E-state index contributed by atoms with van der Waals surface area (Å²) in [5.74, 6) is -0.306. The third-order valence-electron chi connectivity index (χ3n) is 5.38. The molecule has 2 aliphatic heterocycles. The molecule has 2 fully saturated rings. The van der Waals surface area contributed by atoms with E-state index in [-0.39, 0.29) is 24.3 Å². The molecule has 0 spiro atoms. The lowest BCUT2D eigenvalue weighted by Gasteiger charge is -2.33. The summed E-state index contributed by atoms with van der Waals surface area (Å²) >= 11 is 0. The molecular weight excluding hydrogens is 373 g/mol. The number of hydrogen-bond donors (Lipinski definition) is 1. The van der Waals surface area contributed by atoms with Gasteiger partial charge in [-0.3, -0.25) is 4.79 Å². The number of carbonyl (C=O) groups excluding carboxylic acids is 2. The van der Waals surface area contributed by atoms with Crippen LogP contribution in [0.3, 0.4) is 0 Å². The zero-order valence-electron chi connectivity index (χ0n) is 16.1. The minimum atomic E-state index is -0.490. The first-order valence-electron chi connectivity index (χ1n) is 9.93. The fourth-order valence-electron chi connectivity index (χ4n) is 3.76. The van der Waals surface area contributed by atoms with E-state index < -0.39 is 6.10 Å². The molecule has 29 heavy (non-hydrogen) atoms. The Kier molecular flexibility index (Phi) is 5.76. The third-order valence-corrected chi connectivity index (χ3v) is 5.38. The molecule has 2 saturated heterocycles. The normalized spacial score (nSPS) is 19.3. The van der Waals surface area contributed by atoms with Gasteiger partial charge in [-0.25, -0.2) is 9.18 Å². The third kappa shape index (κ3) is 4.40. The second-order valence-electron chi connectivity index (χ2n) is 7.33. The van der Waals surface area contributed by atoms with Gasteiger partial charge in [-0.05, 0) is 43.2 Å². The molecule has 1 N–H and O–H groups in total. The molecule has 0 aromatic heterocycles. The maximum Gasteiger partial charge on any atom is 0.322 e. The van der Waals surface area contributed by atoms with Crippen LogP contribution in [0.4, 0.5) is 14.9 Å². The minimum Gasteiger partial charge on any atom is -0.370 e. The van der Waals surface area contributed by atoms with Gasteiger partial charge in [-0.15, -0.1) is 0 Å². The van der Waals surface area contributed by atoms with Crippen molar-refractivity contribution >= 4 is 17.6 Å². The molecule has 2 aliphatic rings. The van der Waals surface area contributed by atoms with Gasteiger partial charge in [0.2, 0.25) is 0 Å². The second kappa shape index (κ2) is 8.61. The Morgan fingerprint density at radius 3 is 2.41 bits per heavy atom. The first kappa shape index (κ1) is 19.4. The molecule has 0 unspecified atom stereocenters. The Hall–Kier alpha value is -2.93.